The van der Waals surface area contributed by atoms with E-state index in [1.165, 1.54) is 11.1 Å². The molecule has 1 saturated heterocycles. The highest BCUT2D eigenvalue weighted by atomic mass is 16.5. The van der Waals surface area contributed by atoms with Gasteiger partial charge in [0.15, 0.2) is 0 Å². The fraction of sp³-hybridized carbons (Fsp3) is 0.400. The highest BCUT2D eigenvalue weighted by Crippen LogP contribution is 2.26. The molecule has 0 atom stereocenters. The maximum Gasteiger partial charge on any atom is 0.317 e. The van der Waals surface area contributed by atoms with Gasteiger partial charge in [-0.2, -0.15) is 0 Å². The molecule has 2 aromatic rings. The summed E-state index contributed by atoms with van der Waals surface area (Å²) in [6.07, 6.45) is 5.41. The molecule has 1 aromatic heterocycles. The lowest BCUT2D eigenvalue weighted by Crippen LogP contribution is -2.52. The average molecular weight is 339 g/mol. The summed E-state index contributed by atoms with van der Waals surface area (Å²) in [5, 5.41) is 3.01. The van der Waals surface area contributed by atoms with Gasteiger partial charge in [0, 0.05) is 37.9 Å². The zero-order valence-electron chi connectivity index (χ0n) is 14.6. The number of urea groups is 1. The molecule has 0 spiro atoms. The molecule has 0 saturated carbocycles. The molecule has 5 heteroatoms. The van der Waals surface area contributed by atoms with Gasteiger partial charge in [0.25, 0.3) is 0 Å². The van der Waals surface area contributed by atoms with E-state index in [2.05, 4.69) is 16.4 Å². The molecular weight excluding hydrogens is 314 g/mol. The molecule has 0 unspecified atom stereocenters. The van der Waals surface area contributed by atoms with E-state index >= 15 is 0 Å². The van der Waals surface area contributed by atoms with E-state index in [4.69, 9.17) is 4.74 Å². The third-order valence-corrected chi connectivity index (χ3v) is 4.52. The Morgan fingerprint density at radius 3 is 2.76 bits per heavy atom. The minimum atomic E-state index is 0.0309. The number of hydrogen-bond acceptors (Lipinski definition) is 3. The van der Waals surface area contributed by atoms with Crippen LogP contribution in [0, 0.1) is 0 Å². The van der Waals surface area contributed by atoms with Crippen LogP contribution in [0.3, 0.4) is 0 Å². The van der Waals surface area contributed by atoms with Crippen molar-refractivity contribution >= 4 is 6.03 Å². The van der Waals surface area contributed by atoms with Gasteiger partial charge >= 0.3 is 6.03 Å². The fourth-order valence-electron chi connectivity index (χ4n) is 3.08. The van der Waals surface area contributed by atoms with Crippen molar-refractivity contribution < 1.29 is 9.53 Å². The molecule has 3 rings (SSSR count). The number of aromatic nitrogens is 1. The third kappa shape index (κ3) is 4.50. The van der Waals surface area contributed by atoms with Crippen molar-refractivity contribution in [2.45, 2.75) is 25.7 Å². The van der Waals surface area contributed by atoms with E-state index in [1.54, 1.807) is 12.4 Å². The summed E-state index contributed by atoms with van der Waals surface area (Å²) < 4.78 is 5.63. The largest absolute Gasteiger partial charge is 0.494 e. The number of likely N-dealkylation sites (tertiary alicyclic amines) is 1. The van der Waals surface area contributed by atoms with Gasteiger partial charge < -0.3 is 15.0 Å². The van der Waals surface area contributed by atoms with Crippen molar-refractivity contribution in [3.8, 4) is 5.75 Å². The van der Waals surface area contributed by atoms with Gasteiger partial charge in [0.2, 0.25) is 0 Å². The summed E-state index contributed by atoms with van der Waals surface area (Å²) >= 11 is 0. The molecule has 1 N–H and O–H groups in total. The molecule has 25 heavy (non-hydrogen) atoms. The molecule has 2 heterocycles. The van der Waals surface area contributed by atoms with Crippen molar-refractivity contribution in [2.75, 3.05) is 26.2 Å². The maximum absolute atomic E-state index is 12.2. The van der Waals surface area contributed by atoms with Crippen LogP contribution in [0.1, 0.15) is 30.4 Å². The van der Waals surface area contributed by atoms with Gasteiger partial charge in [-0.1, -0.05) is 18.2 Å². The van der Waals surface area contributed by atoms with E-state index in [1.807, 2.05) is 42.2 Å². The summed E-state index contributed by atoms with van der Waals surface area (Å²) in [7, 11) is 0. The van der Waals surface area contributed by atoms with Crippen LogP contribution in [0.4, 0.5) is 4.79 Å². The Morgan fingerprint density at radius 2 is 2.00 bits per heavy atom. The van der Waals surface area contributed by atoms with Crippen LogP contribution in [0.2, 0.25) is 0 Å². The number of carbonyl (C=O) groups excluding carboxylic acids is 1. The molecule has 2 amide bonds. The van der Waals surface area contributed by atoms with Gasteiger partial charge in [0.1, 0.15) is 5.75 Å². The molecule has 132 valence electrons. The van der Waals surface area contributed by atoms with Crippen LogP contribution < -0.4 is 10.1 Å². The second-order valence-corrected chi connectivity index (χ2v) is 6.26. The first-order valence-corrected chi connectivity index (χ1v) is 8.91. The van der Waals surface area contributed by atoms with E-state index in [0.29, 0.717) is 19.1 Å². The fourth-order valence-corrected chi connectivity index (χ4v) is 3.08. The Bertz CT molecular complexity index is 684. The van der Waals surface area contributed by atoms with E-state index in [-0.39, 0.29) is 6.03 Å². The second kappa shape index (κ2) is 8.51. The van der Waals surface area contributed by atoms with E-state index in [9.17, 15) is 4.79 Å². The number of hydrogen-bond donors (Lipinski definition) is 1. The van der Waals surface area contributed by atoms with Crippen LogP contribution in [0.15, 0.2) is 48.8 Å². The molecule has 5 nitrogen and oxygen atoms in total. The molecule has 0 aliphatic carbocycles. The predicted molar refractivity (Wildman–Crippen MR) is 97.9 cm³/mol. The van der Waals surface area contributed by atoms with Gasteiger partial charge in [0.05, 0.1) is 6.61 Å². The number of aryl methyl sites for hydroxylation is 1. The smallest absolute Gasteiger partial charge is 0.317 e. The SMILES string of the molecule is CCOc1ccccc1CCCNC(=O)N1CC(c2ccncc2)C1. The van der Waals surface area contributed by atoms with Gasteiger partial charge in [-0.15, -0.1) is 0 Å². The van der Waals surface area contributed by atoms with Gasteiger partial charge in [-0.3, -0.25) is 4.98 Å². The van der Waals surface area contributed by atoms with Gasteiger partial charge in [-0.25, -0.2) is 4.79 Å². The van der Waals surface area contributed by atoms with Crippen molar-refractivity contribution in [1.82, 2.24) is 15.2 Å². The molecular formula is C20H25N3O2. The summed E-state index contributed by atoms with van der Waals surface area (Å²) in [5.41, 5.74) is 2.45. The normalized spacial score (nSPS) is 14.0. The zero-order valence-corrected chi connectivity index (χ0v) is 14.6. The number of amides is 2. The molecule has 0 radical (unpaired) electrons. The predicted octanol–water partition coefficient (Wildman–Crippen LogP) is 3.22. The van der Waals surface area contributed by atoms with Crippen LogP contribution in [0.25, 0.3) is 0 Å². The Hall–Kier alpha value is -2.56. The Kier molecular flexibility index (Phi) is 5.88. The summed E-state index contributed by atoms with van der Waals surface area (Å²) in [6, 6.07) is 12.2. The lowest BCUT2D eigenvalue weighted by atomic mass is 9.93. The van der Waals surface area contributed by atoms with Crippen LogP contribution >= 0.6 is 0 Å². The van der Waals surface area contributed by atoms with Crippen molar-refractivity contribution in [3.05, 3.63) is 59.9 Å². The highest BCUT2D eigenvalue weighted by molar-refractivity contribution is 5.75. The Labute approximate surface area is 149 Å². The van der Waals surface area contributed by atoms with Crippen molar-refractivity contribution in [3.63, 3.8) is 0 Å². The quantitative estimate of drug-likeness (QED) is 0.788. The van der Waals surface area contributed by atoms with Gasteiger partial charge in [-0.05, 0) is 49.1 Å². The first-order valence-electron chi connectivity index (χ1n) is 8.91. The topological polar surface area (TPSA) is 54.5 Å². The third-order valence-electron chi connectivity index (χ3n) is 4.52. The van der Waals surface area contributed by atoms with E-state index < -0.39 is 0 Å². The minimum Gasteiger partial charge on any atom is -0.494 e. The molecule has 1 aromatic carbocycles. The monoisotopic (exact) mass is 339 g/mol. The highest BCUT2D eigenvalue weighted by Gasteiger charge is 2.31. The lowest BCUT2D eigenvalue weighted by molar-refractivity contribution is 0.151. The molecule has 1 aliphatic rings. The standard InChI is InChI=1S/C20H25N3O2/c1-2-25-19-8-4-3-6-17(19)7-5-11-22-20(24)23-14-18(15-23)16-9-12-21-13-10-16/h3-4,6,8-10,12-13,18H,2,5,7,11,14-15H2,1H3,(H,22,24). The Balaban J connectivity index is 1.37. The van der Waals surface area contributed by atoms with Crippen LogP contribution in [-0.2, 0) is 6.42 Å². The number of benzene rings is 1. The number of rotatable bonds is 7. The number of carbonyl (C=O) groups is 1. The van der Waals surface area contributed by atoms with Crippen molar-refractivity contribution in [1.29, 1.82) is 0 Å². The summed E-state index contributed by atoms with van der Waals surface area (Å²) in [4.78, 5) is 18.1. The number of pyridine rings is 1. The number of nitrogens with zero attached hydrogens (tertiary/aromatic N) is 2. The van der Waals surface area contributed by atoms with Crippen LogP contribution in [-0.4, -0.2) is 42.2 Å². The van der Waals surface area contributed by atoms with E-state index in [0.717, 1.165) is 31.7 Å². The lowest BCUT2D eigenvalue weighted by Gasteiger charge is -2.39. The molecule has 1 fully saturated rings. The number of nitrogens with one attached hydrogen (secondary N) is 1. The van der Waals surface area contributed by atoms with Crippen LogP contribution in [0.5, 0.6) is 5.75 Å². The summed E-state index contributed by atoms with van der Waals surface area (Å²) in [5.74, 6) is 1.38. The zero-order chi connectivity index (χ0) is 17.5. The van der Waals surface area contributed by atoms with Crippen molar-refractivity contribution in [2.24, 2.45) is 0 Å². The second-order valence-electron chi connectivity index (χ2n) is 6.26. The maximum atomic E-state index is 12.2. The number of para-hydroxylation sites is 1. The first kappa shape index (κ1) is 17.3. The number of ether oxygens (including phenoxy) is 1. The minimum absolute atomic E-state index is 0.0309. The average Bonchev–Trinajstić information content (AvgIpc) is 2.60. The first-order chi connectivity index (χ1) is 12.3. The molecule has 0 bridgehead atoms. The summed E-state index contributed by atoms with van der Waals surface area (Å²) in [6.45, 7) is 4.90. The Morgan fingerprint density at radius 1 is 1.24 bits per heavy atom. The molecule has 1 aliphatic heterocycles.